The van der Waals surface area contributed by atoms with Crippen LogP contribution in [0, 0.1) is 20.8 Å². The normalized spacial score (nSPS) is 15.1. The molecular weight excluding hydrogens is 562 g/mol. The van der Waals surface area contributed by atoms with E-state index in [1.165, 1.54) is 4.57 Å². The van der Waals surface area contributed by atoms with E-state index in [1.54, 1.807) is 32.7 Å². The van der Waals surface area contributed by atoms with Crippen molar-refractivity contribution >= 4 is 33.1 Å². The number of amides is 1. The molecule has 0 bridgehead atoms. The SMILES string of the molecule is Cc1cc(C)n(-c2nc3c(c(=O)n2-c2cnc4c(ncn4C)n2)C[C@@H](C)N(C(=O)c2ccc(Br)c(C)c2)C3)n1. The van der Waals surface area contributed by atoms with E-state index < -0.39 is 0 Å². The number of halogens is 1. The Morgan fingerprint density at radius 2 is 1.90 bits per heavy atom. The molecule has 39 heavy (non-hydrogen) atoms. The number of benzene rings is 1. The summed E-state index contributed by atoms with van der Waals surface area (Å²) in [5.41, 5.74) is 5.03. The van der Waals surface area contributed by atoms with Crippen LogP contribution in [0.25, 0.3) is 23.1 Å². The van der Waals surface area contributed by atoms with Gasteiger partial charge in [0.2, 0.25) is 5.95 Å². The van der Waals surface area contributed by atoms with Gasteiger partial charge in [-0.3, -0.25) is 9.59 Å². The first-order chi connectivity index (χ1) is 18.6. The maximum absolute atomic E-state index is 14.1. The Hall–Kier alpha value is -4.19. The molecule has 5 aromatic rings. The fourth-order valence-corrected chi connectivity index (χ4v) is 5.29. The molecule has 0 saturated carbocycles. The van der Waals surface area contributed by atoms with Crippen molar-refractivity contribution in [1.29, 1.82) is 0 Å². The molecule has 0 fully saturated rings. The van der Waals surface area contributed by atoms with E-state index in [4.69, 9.17) is 4.98 Å². The van der Waals surface area contributed by atoms with Crippen molar-refractivity contribution in [1.82, 2.24) is 43.8 Å². The van der Waals surface area contributed by atoms with E-state index in [1.807, 2.05) is 52.9 Å². The maximum atomic E-state index is 14.1. The molecule has 198 valence electrons. The third-order valence-corrected chi connectivity index (χ3v) is 7.99. The fraction of sp³-hybridized carbons (Fsp3) is 0.296. The lowest BCUT2D eigenvalue weighted by Gasteiger charge is -2.34. The van der Waals surface area contributed by atoms with Crippen molar-refractivity contribution in [2.45, 2.75) is 46.7 Å². The number of hydrogen-bond donors (Lipinski definition) is 0. The minimum atomic E-state index is -0.259. The second kappa shape index (κ2) is 9.23. The van der Waals surface area contributed by atoms with Gasteiger partial charge in [-0.05, 0) is 63.9 Å². The lowest BCUT2D eigenvalue weighted by atomic mass is 9.98. The maximum Gasteiger partial charge on any atom is 0.264 e. The zero-order valence-corrected chi connectivity index (χ0v) is 23.8. The van der Waals surface area contributed by atoms with Crippen molar-refractivity contribution in [3.8, 4) is 11.8 Å². The summed E-state index contributed by atoms with van der Waals surface area (Å²) < 4.78 is 5.78. The smallest absolute Gasteiger partial charge is 0.264 e. The molecule has 1 aliphatic heterocycles. The summed E-state index contributed by atoms with van der Waals surface area (Å²) >= 11 is 3.50. The van der Waals surface area contributed by atoms with E-state index in [9.17, 15) is 9.59 Å². The summed E-state index contributed by atoms with van der Waals surface area (Å²) in [5, 5.41) is 4.60. The zero-order valence-electron chi connectivity index (χ0n) is 22.2. The van der Waals surface area contributed by atoms with Gasteiger partial charge < -0.3 is 9.47 Å². The summed E-state index contributed by atoms with van der Waals surface area (Å²) in [4.78, 5) is 47.8. The summed E-state index contributed by atoms with van der Waals surface area (Å²) in [6.07, 6.45) is 3.54. The zero-order chi connectivity index (χ0) is 27.6. The van der Waals surface area contributed by atoms with E-state index in [0.717, 1.165) is 21.4 Å². The van der Waals surface area contributed by atoms with Crippen LogP contribution in [0.2, 0.25) is 0 Å². The highest BCUT2D eigenvalue weighted by molar-refractivity contribution is 9.10. The molecule has 0 spiro atoms. The van der Waals surface area contributed by atoms with E-state index in [0.29, 0.717) is 40.4 Å². The first kappa shape index (κ1) is 25.1. The van der Waals surface area contributed by atoms with E-state index in [2.05, 4.69) is 36.0 Å². The molecule has 0 radical (unpaired) electrons. The molecule has 1 amide bonds. The van der Waals surface area contributed by atoms with Gasteiger partial charge in [-0.1, -0.05) is 15.9 Å². The minimum Gasteiger partial charge on any atom is -0.330 e. The number of nitrogens with zero attached hydrogens (tertiary/aromatic N) is 9. The molecule has 0 N–H and O–H groups in total. The average Bonchev–Trinajstić information content (AvgIpc) is 3.45. The molecule has 1 aromatic carbocycles. The van der Waals surface area contributed by atoms with Gasteiger partial charge in [0.25, 0.3) is 11.5 Å². The van der Waals surface area contributed by atoms with Gasteiger partial charge >= 0.3 is 0 Å². The number of hydrogen-bond acceptors (Lipinski definition) is 7. The molecule has 0 saturated heterocycles. The summed E-state index contributed by atoms with van der Waals surface area (Å²) in [6, 6.07) is 7.26. The molecule has 5 heterocycles. The second-order valence-electron chi connectivity index (χ2n) is 10.00. The van der Waals surface area contributed by atoms with Gasteiger partial charge in [0.1, 0.15) is 0 Å². The second-order valence-corrected chi connectivity index (χ2v) is 10.9. The number of aromatic nitrogens is 8. The van der Waals surface area contributed by atoms with Crippen molar-refractivity contribution in [2.75, 3.05) is 0 Å². The summed E-state index contributed by atoms with van der Waals surface area (Å²) in [7, 11) is 1.83. The van der Waals surface area contributed by atoms with E-state index in [-0.39, 0.29) is 30.0 Å². The number of aryl methyl sites for hydroxylation is 4. The van der Waals surface area contributed by atoms with Gasteiger partial charge in [-0.15, -0.1) is 0 Å². The third kappa shape index (κ3) is 4.15. The molecule has 1 aliphatic rings. The fourth-order valence-electron chi connectivity index (χ4n) is 5.04. The predicted octanol–water partition coefficient (Wildman–Crippen LogP) is 3.37. The number of imidazole rings is 1. The van der Waals surface area contributed by atoms with Crippen LogP contribution in [0.5, 0.6) is 0 Å². The van der Waals surface area contributed by atoms with Crippen LogP contribution < -0.4 is 5.56 Å². The number of fused-ring (bicyclic) bond motifs is 2. The molecule has 1 atom stereocenters. The molecule has 12 heteroatoms. The molecule has 11 nitrogen and oxygen atoms in total. The van der Waals surface area contributed by atoms with Crippen LogP contribution in [0.15, 0.2) is 46.1 Å². The first-order valence-corrected chi connectivity index (χ1v) is 13.3. The highest BCUT2D eigenvalue weighted by Crippen LogP contribution is 2.26. The van der Waals surface area contributed by atoms with Crippen molar-refractivity contribution in [3.63, 3.8) is 0 Å². The summed E-state index contributed by atoms with van der Waals surface area (Å²) in [6.45, 7) is 7.89. The Bertz CT molecular complexity index is 1850. The monoisotopic (exact) mass is 587 g/mol. The van der Waals surface area contributed by atoms with Gasteiger partial charge in [0, 0.05) is 34.4 Å². The minimum absolute atomic E-state index is 0.103. The predicted molar refractivity (Wildman–Crippen MR) is 148 cm³/mol. The molecule has 0 unspecified atom stereocenters. The van der Waals surface area contributed by atoms with Crippen LogP contribution >= 0.6 is 15.9 Å². The number of carbonyl (C=O) groups is 1. The Labute approximate surface area is 232 Å². The highest BCUT2D eigenvalue weighted by Gasteiger charge is 2.33. The largest absolute Gasteiger partial charge is 0.330 e. The molecule has 4 aromatic heterocycles. The van der Waals surface area contributed by atoms with Crippen LogP contribution in [0.1, 0.15) is 45.5 Å². The molecular formula is C27H26BrN9O2. The molecule has 0 aliphatic carbocycles. The standard InChI is InChI=1S/C27H26BrN9O2/c1-14-8-18(6-7-20(14)28)25(38)35-12-21-19(10-16(35)3)26(39)36(27(31-21)37-17(4)9-15(2)33-37)22-11-29-24-23(32-22)30-13-34(24)5/h6-9,11,13,16H,10,12H2,1-5H3/t16-/m1/s1. The Balaban J connectivity index is 1.51. The first-order valence-electron chi connectivity index (χ1n) is 12.5. The average molecular weight is 588 g/mol. The van der Waals surface area contributed by atoms with Gasteiger partial charge in [-0.25, -0.2) is 29.2 Å². The van der Waals surface area contributed by atoms with Crippen molar-refractivity contribution < 1.29 is 4.79 Å². The van der Waals surface area contributed by atoms with Crippen LogP contribution in [-0.2, 0) is 20.0 Å². The van der Waals surface area contributed by atoms with Crippen LogP contribution in [-0.4, -0.2) is 55.7 Å². The summed E-state index contributed by atoms with van der Waals surface area (Å²) in [5.74, 6) is 0.491. The number of rotatable bonds is 3. The van der Waals surface area contributed by atoms with Crippen molar-refractivity contribution in [2.24, 2.45) is 7.05 Å². The van der Waals surface area contributed by atoms with E-state index >= 15 is 0 Å². The quantitative estimate of drug-likeness (QED) is 0.317. The van der Waals surface area contributed by atoms with Gasteiger partial charge in [-0.2, -0.15) is 5.10 Å². The van der Waals surface area contributed by atoms with Crippen LogP contribution in [0.3, 0.4) is 0 Å². The Kier molecular flexibility index (Phi) is 5.94. The Morgan fingerprint density at radius 3 is 2.62 bits per heavy atom. The lowest BCUT2D eigenvalue weighted by Crippen LogP contribution is -2.46. The van der Waals surface area contributed by atoms with Crippen LogP contribution in [0.4, 0.5) is 0 Å². The van der Waals surface area contributed by atoms with Gasteiger partial charge in [0.05, 0.1) is 30.5 Å². The highest BCUT2D eigenvalue weighted by atomic mass is 79.9. The lowest BCUT2D eigenvalue weighted by molar-refractivity contribution is 0.0652. The third-order valence-electron chi connectivity index (χ3n) is 7.10. The van der Waals surface area contributed by atoms with Crippen molar-refractivity contribution in [3.05, 3.63) is 85.4 Å². The Morgan fingerprint density at radius 1 is 1.10 bits per heavy atom. The van der Waals surface area contributed by atoms with Gasteiger partial charge in [0.15, 0.2) is 17.1 Å². The molecule has 6 rings (SSSR count). The topological polar surface area (TPSA) is 117 Å². The number of carbonyl (C=O) groups excluding carboxylic acids is 1.